The molecule has 0 saturated carbocycles. The van der Waals surface area contributed by atoms with Crippen LogP contribution in [-0.2, 0) is 6.61 Å². The summed E-state index contributed by atoms with van der Waals surface area (Å²) in [5.41, 5.74) is 2.67. The van der Waals surface area contributed by atoms with E-state index in [2.05, 4.69) is 30.7 Å². The summed E-state index contributed by atoms with van der Waals surface area (Å²) in [7, 11) is 0. The first-order valence-corrected chi connectivity index (χ1v) is 10.3. The average molecular weight is 419 g/mol. The zero-order chi connectivity index (χ0) is 21.2. The Labute approximate surface area is 178 Å². The molecule has 1 atom stereocenters. The minimum atomic E-state index is -0.527. The molecule has 158 valence electrons. The number of anilines is 1. The lowest BCUT2D eigenvalue weighted by Gasteiger charge is -2.25. The van der Waals surface area contributed by atoms with Crippen molar-refractivity contribution in [3.63, 3.8) is 0 Å². The van der Waals surface area contributed by atoms with E-state index in [9.17, 15) is 5.11 Å². The number of aliphatic hydroxyl groups is 1. The standard InChI is InChI=1S/C22H22FN7O/c23-19-20(14-6-8-25-16(10-14)13-31)28-21(17-12-26-30-9-2-1-5-18(17)30)29-22(19)27-15-4-3-7-24-11-15/h1-2,5-6,8-10,12,15,24,31H,3-4,7,11,13H2,(H,27,28,29)/t15-/m1/s1. The van der Waals surface area contributed by atoms with E-state index in [-0.39, 0.29) is 24.2 Å². The van der Waals surface area contributed by atoms with Crippen LogP contribution in [0.5, 0.6) is 0 Å². The number of nitrogens with one attached hydrogen (secondary N) is 2. The molecule has 0 unspecified atom stereocenters. The molecule has 4 aromatic rings. The molecule has 0 spiro atoms. The molecule has 0 radical (unpaired) electrons. The highest BCUT2D eigenvalue weighted by atomic mass is 19.1. The van der Waals surface area contributed by atoms with Crippen molar-refractivity contribution in [2.75, 3.05) is 18.4 Å². The number of hydrogen-bond donors (Lipinski definition) is 3. The Bertz CT molecular complexity index is 1220. The normalized spacial score (nSPS) is 16.5. The molecule has 1 fully saturated rings. The van der Waals surface area contributed by atoms with Gasteiger partial charge in [0.1, 0.15) is 5.69 Å². The van der Waals surface area contributed by atoms with Crippen molar-refractivity contribution < 1.29 is 9.50 Å². The van der Waals surface area contributed by atoms with E-state index in [1.807, 2.05) is 24.4 Å². The fourth-order valence-corrected chi connectivity index (χ4v) is 3.84. The molecule has 3 N–H and O–H groups in total. The summed E-state index contributed by atoms with van der Waals surface area (Å²) in [5.74, 6) is 0.0125. The van der Waals surface area contributed by atoms with Gasteiger partial charge >= 0.3 is 0 Å². The van der Waals surface area contributed by atoms with Gasteiger partial charge in [-0.15, -0.1) is 0 Å². The van der Waals surface area contributed by atoms with Crippen molar-refractivity contribution in [3.8, 4) is 22.6 Å². The van der Waals surface area contributed by atoms with Crippen LogP contribution in [0.2, 0.25) is 0 Å². The molecular weight excluding hydrogens is 397 g/mol. The van der Waals surface area contributed by atoms with Gasteiger partial charge in [-0.2, -0.15) is 5.10 Å². The van der Waals surface area contributed by atoms with Gasteiger partial charge in [-0.05, 0) is 43.7 Å². The summed E-state index contributed by atoms with van der Waals surface area (Å²) in [6, 6.07) is 9.11. The largest absolute Gasteiger partial charge is 0.390 e. The van der Waals surface area contributed by atoms with Crippen LogP contribution in [0.25, 0.3) is 28.2 Å². The number of aliphatic hydroxyl groups excluding tert-OH is 1. The quantitative estimate of drug-likeness (QED) is 0.457. The van der Waals surface area contributed by atoms with Crippen LogP contribution in [-0.4, -0.2) is 48.8 Å². The van der Waals surface area contributed by atoms with Crippen molar-refractivity contribution in [3.05, 3.63) is 60.4 Å². The molecule has 4 aromatic heterocycles. The van der Waals surface area contributed by atoms with E-state index in [0.717, 1.165) is 31.4 Å². The minimum absolute atomic E-state index is 0.0770. The van der Waals surface area contributed by atoms with Crippen molar-refractivity contribution in [2.45, 2.75) is 25.5 Å². The van der Waals surface area contributed by atoms with Gasteiger partial charge in [0.05, 0.1) is 29.6 Å². The minimum Gasteiger partial charge on any atom is -0.390 e. The zero-order valence-corrected chi connectivity index (χ0v) is 16.8. The lowest BCUT2D eigenvalue weighted by molar-refractivity contribution is 0.277. The Kier molecular flexibility index (Phi) is 5.27. The van der Waals surface area contributed by atoms with Crippen LogP contribution in [0.1, 0.15) is 18.5 Å². The molecule has 0 bridgehead atoms. The van der Waals surface area contributed by atoms with Crippen molar-refractivity contribution in [2.24, 2.45) is 0 Å². The van der Waals surface area contributed by atoms with Crippen LogP contribution >= 0.6 is 0 Å². The number of aromatic nitrogens is 5. The van der Waals surface area contributed by atoms with Crippen LogP contribution in [0.4, 0.5) is 10.2 Å². The van der Waals surface area contributed by atoms with E-state index >= 15 is 4.39 Å². The highest BCUT2D eigenvalue weighted by Gasteiger charge is 2.22. The molecule has 1 aliphatic heterocycles. The molecule has 1 aliphatic rings. The molecular formula is C22H22FN7O. The lowest BCUT2D eigenvalue weighted by Crippen LogP contribution is -2.38. The Morgan fingerprint density at radius 2 is 2.19 bits per heavy atom. The fourth-order valence-electron chi connectivity index (χ4n) is 3.84. The smallest absolute Gasteiger partial charge is 0.191 e. The zero-order valence-electron chi connectivity index (χ0n) is 16.8. The molecule has 0 amide bonds. The highest BCUT2D eigenvalue weighted by Crippen LogP contribution is 2.30. The Hall–Kier alpha value is -3.43. The van der Waals surface area contributed by atoms with Crippen LogP contribution < -0.4 is 10.6 Å². The molecule has 5 heterocycles. The molecule has 1 saturated heterocycles. The summed E-state index contributed by atoms with van der Waals surface area (Å²) in [4.78, 5) is 13.2. The number of fused-ring (bicyclic) bond motifs is 1. The van der Waals surface area contributed by atoms with Crippen LogP contribution in [0.15, 0.2) is 48.9 Å². The van der Waals surface area contributed by atoms with Crippen molar-refractivity contribution in [1.29, 1.82) is 0 Å². The predicted molar refractivity (Wildman–Crippen MR) is 115 cm³/mol. The second-order valence-electron chi connectivity index (χ2n) is 7.53. The van der Waals surface area contributed by atoms with Crippen LogP contribution in [0, 0.1) is 5.82 Å². The highest BCUT2D eigenvalue weighted by molar-refractivity contribution is 5.78. The van der Waals surface area contributed by atoms with Crippen LogP contribution in [0.3, 0.4) is 0 Å². The van der Waals surface area contributed by atoms with E-state index < -0.39 is 5.82 Å². The lowest BCUT2D eigenvalue weighted by atomic mass is 10.1. The summed E-state index contributed by atoms with van der Waals surface area (Å²) >= 11 is 0. The van der Waals surface area contributed by atoms with E-state index in [4.69, 9.17) is 0 Å². The maximum Gasteiger partial charge on any atom is 0.191 e. The van der Waals surface area contributed by atoms with Gasteiger partial charge in [0.25, 0.3) is 0 Å². The van der Waals surface area contributed by atoms with Gasteiger partial charge in [0.2, 0.25) is 0 Å². The number of hydrogen-bond acceptors (Lipinski definition) is 7. The molecule has 0 aliphatic carbocycles. The predicted octanol–water partition coefficient (Wildman–Crippen LogP) is 2.65. The molecule has 9 heteroatoms. The third-order valence-corrected chi connectivity index (χ3v) is 5.41. The first kappa shape index (κ1) is 19.5. The first-order chi connectivity index (χ1) is 15.2. The number of halogens is 1. The number of rotatable bonds is 5. The van der Waals surface area contributed by atoms with Gasteiger partial charge in [0, 0.05) is 30.5 Å². The van der Waals surface area contributed by atoms with E-state index in [1.54, 1.807) is 22.8 Å². The number of nitrogens with zero attached hydrogens (tertiary/aromatic N) is 5. The first-order valence-electron chi connectivity index (χ1n) is 10.3. The summed E-state index contributed by atoms with van der Waals surface area (Å²) < 4.78 is 17.3. The summed E-state index contributed by atoms with van der Waals surface area (Å²) in [6.45, 7) is 1.47. The molecule has 31 heavy (non-hydrogen) atoms. The monoisotopic (exact) mass is 419 g/mol. The topological polar surface area (TPSA) is 100 Å². The van der Waals surface area contributed by atoms with Crippen molar-refractivity contribution >= 4 is 11.3 Å². The maximum absolute atomic E-state index is 15.6. The fraction of sp³-hybridized carbons (Fsp3) is 0.273. The van der Waals surface area contributed by atoms with Gasteiger partial charge in [-0.25, -0.2) is 18.9 Å². The third kappa shape index (κ3) is 3.85. The SMILES string of the molecule is OCc1cc(-c2nc(-c3cnn4ccccc34)nc(N[C@@H]3CCCNC3)c2F)ccn1. The Morgan fingerprint density at radius 3 is 3.03 bits per heavy atom. The number of pyridine rings is 2. The molecule has 8 nitrogen and oxygen atoms in total. The second kappa shape index (κ2) is 8.37. The Morgan fingerprint density at radius 1 is 1.26 bits per heavy atom. The maximum atomic E-state index is 15.6. The van der Waals surface area contributed by atoms with Gasteiger partial charge < -0.3 is 15.7 Å². The average Bonchev–Trinajstić information content (AvgIpc) is 3.25. The summed E-state index contributed by atoms with van der Waals surface area (Å²) in [6.07, 6.45) is 7.01. The van der Waals surface area contributed by atoms with E-state index in [1.165, 1.54) is 6.20 Å². The Balaban J connectivity index is 1.65. The molecule has 5 rings (SSSR count). The van der Waals surface area contributed by atoms with Gasteiger partial charge in [0.15, 0.2) is 17.5 Å². The number of piperidine rings is 1. The second-order valence-corrected chi connectivity index (χ2v) is 7.53. The molecule has 0 aromatic carbocycles. The van der Waals surface area contributed by atoms with E-state index in [0.29, 0.717) is 22.6 Å². The third-order valence-electron chi connectivity index (χ3n) is 5.41. The van der Waals surface area contributed by atoms with Crippen molar-refractivity contribution in [1.82, 2.24) is 29.9 Å². The summed E-state index contributed by atoms with van der Waals surface area (Å²) in [5, 5.41) is 20.4. The van der Waals surface area contributed by atoms with Gasteiger partial charge in [-0.3, -0.25) is 4.98 Å². The van der Waals surface area contributed by atoms with Gasteiger partial charge in [-0.1, -0.05) is 6.07 Å².